The van der Waals surface area contributed by atoms with Crippen molar-refractivity contribution in [2.75, 3.05) is 5.32 Å². The maximum atomic E-state index is 12.4. The number of rotatable bonds is 3. The van der Waals surface area contributed by atoms with Gasteiger partial charge in [-0.15, -0.1) is 0 Å². The first-order valence-electron chi connectivity index (χ1n) is 6.17. The van der Waals surface area contributed by atoms with Crippen LogP contribution in [0.25, 0.3) is 0 Å². The highest BCUT2D eigenvalue weighted by Crippen LogP contribution is 2.27. The van der Waals surface area contributed by atoms with E-state index in [2.05, 4.69) is 5.32 Å². The number of phenolic OH excluding ortho intramolecular Hbond substituents is 1. The zero-order chi connectivity index (χ0) is 13.9. The van der Waals surface area contributed by atoms with Crippen LogP contribution >= 0.6 is 0 Å². The number of aromatic hydroxyl groups is 1. The van der Waals surface area contributed by atoms with E-state index in [9.17, 15) is 9.90 Å². The molecule has 0 bridgehead atoms. The lowest BCUT2D eigenvalue weighted by atomic mass is 9.83. The minimum Gasteiger partial charge on any atom is -0.506 e. The maximum Gasteiger partial charge on any atom is 0.234 e. The summed E-state index contributed by atoms with van der Waals surface area (Å²) in [6.45, 7) is 3.72. The Morgan fingerprint density at radius 3 is 2.21 bits per heavy atom. The third-order valence-corrected chi connectivity index (χ3v) is 3.22. The zero-order valence-electron chi connectivity index (χ0n) is 11.1. The summed E-state index contributed by atoms with van der Waals surface area (Å²) in [4.78, 5) is 12.4. The van der Waals surface area contributed by atoms with Gasteiger partial charge in [0.05, 0.1) is 11.1 Å². The van der Waals surface area contributed by atoms with Crippen molar-refractivity contribution in [1.82, 2.24) is 0 Å². The molecular weight excluding hydrogens is 238 g/mol. The van der Waals surface area contributed by atoms with Crippen LogP contribution in [0.3, 0.4) is 0 Å². The molecule has 98 valence electrons. The lowest BCUT2D eigenvalue weighted by Crippen LogP contribution is -2.34. The van der Waals surface area contributed by atoms with E-state index in [1.807, 2.05) is 44.2 Å². The fourth-order valence-corrected chi connectivity index (χ4v) is 1.84. The number of nitrogens with one attached hydrogen (secondary N) is 1. The predicted molar refractivity (Wildman–Crippen MR) is 76.2 cm³/mol. The van der Waals surface area contributed by atoms with Crippen molar-refractivity contribution in [3.05, 3.63) is 60.2 Å². The molecule has 0 aliphatic rings. The van der Waals surface area contributed by atoms with Crippen LogP contribution in [0.2, 0.25) is 0 Å². The Kier molecular flexibility index (Phi) is 3.56. The van der Waals surface area contributed by atoms with Crippen molar-refractivity contribution >= 4 is 11.6 Å². The van der Waals surface area contributed by atoms with Crippen LogP contribution in [-0.2, 0) is 10.2 Å². The fraction of sp³-hybridized carbons (Fsp3) is 0.188. The Balaban J connectivity index is 2.23. The van der Waals surface area contributed by atoms with Gasteiger partial charge in [-0.1, -0.05) is 42.5 Å². The molecule has 2 rings (SSSR count). The Bertz CT molecular complexity index is 576. The maximum absolute atomic E-state index is 12.4. The van der Waals surface area contributed by atoms with Gasteiger partial charge in [-0.3, -0.25) is 4.79 Å². The second kappa shape index (κ2) is 5.14. The van der Waals surface area contributed by atoms with Crippen LogP contribution in [-0.4, -0.2) is 11.0 Å². The van der Waals surface area contributed by atoms with Crippen LogP contribution < -0.4 is 5.32 Å². The number of hydrogen-bond acceptors (Lipinski definition) is 2. The first-order valence-corrected chi connectivity index (χ1v) is 6.17. The van der Waals surface area contributed by atoms with Gasteiger partial charge in [0.15, 0.2) is 0 Å². The van der Waals surface area contributed by atoms with Crippen molar-refractivity contribution in [2.45, 2.75) is 19.3 Å². The summed E-state index contributed by atoms with van der Waals surface area (Å²) >= 11 is 0. The van der Waals surface area contributed by atoms with E-state index >= 15 is 0 Å². The third-order valence-electron chi connectivity index (χ3n) is 3.22. The van der Waals surface area contributed by atoms with E-state index < -0.39 is 5.41 Å². The van der Waals surface area contributed by atoms with Crippen molar-refractivity contribution in [2.24, 2.45) is 0 Å². The van der Waals surface area contributed by atoms with E-state index in [1.54, 1.807) is 24.3 Å². The smallest absolute Gasteiger partial charge is 0.234 e. The summed E-state index contributed by atoms with van der Waals surface area (Å²) in [5.74, 6) is -0.0834. The highest BCUT2D eigenvalue weighted by Gasteiger charge is 2.29. The van der Waals surface area contributed by atoms with Gasteiger partial charge in [0.1, 0.15) is 5.75 Å². The SMILES string of the molecule is CC(C)(C(=O)Nc1ccccc1O)c1ccccc1. The first kappa shape index (κ1) is 13.1. The van der Waals surface area contributed by atoms with E-state index in [0.717, 1.165) is 5.56 Å². The standard InChI is InChI=1S/C16H17NO2/c1-16(2,12-8-4-3-5-9-12)15(19)17-13-10-6-7-11-14(13)18/h3-11,18H,1-2H3,(H,17,19). The van der Waals surface area contributed by atoms with E-state index in [-0.39, 0.29) is 11.7 Å². The molecule has 3 nitrogen and oxygen atoms in total. The second-order valence-corrected chi connectivity index (χ2v) is 4.96. The van der Waals surface area contributed by atoms with Crippen molar-refractivity contribution < 1.29 is 9.90 Å². The van der Waals surface area contributed by atoms with Gasteiger partial charge in [-0.25, -0.2) is 0 Å². The molecule has 0 aliphatic heterocycles. The minimum absolute atomic E-state index is 0.0692. The van der Waals surface area contributed by atoms with Crippen LogP contribution in [0.5, 0.6) is 5.75 Å². The van der Waals surface area contributed by atoms with Gasteiger partial charge in [0.2, 0.25) is 5.91 Å². The third kappa shape index (κ3) is 2.76. The molecule has 19 heavy (non-hydrogen) atoms. The molecule has 2 aromatic rings. The van der Waals surface area contributed by atoms with Gasteiger partial charge >= 0.3 is 0 Å². The summed E-state index contributed by atoms with van der Waals surface area (Å²) in [7, 11) is 0. The summed E-state index contributed by atoms with van der Waals surface area (Å²) in [5, 5.41) is 12.4. The molecule has 0 unspecified atom stereocenters. The number of anilines is 1. The predicted octanol–water partition coefficient (Wildman–Crippen LogP) is 3.31. The average molecular weight is 255 g/mol. The largest absolute Gasteiger partial charge is 0.506 e. The molecule has 0 atom stereocenters. The van der Waals surface area contributed by atoms with Crippen LogP contribution in [0.15, 0.2) is 54.6 Å². The summed E-state index contributed by atoms with van der Waals surface area (Å²) < 4.78 is 0. The fourth-order valence-electron chi connectivity index (χ4n) is 1.84. The lowest BCUT2D eigenvalue weighted by Gasteiger charge is -2.24. The monoisotopic (exact) mass is 255 g/mol. The van der Waals surface area contributed by atoms with E-state index in [4.69, 9.17) is 0 Å². The summed E-state index contributed by atoms with van der Waals surface area (Å²) in [5.41, 5.74) is 0.697. The normalized spacial score (nSPS) is 11.1. The number of phenols is 1. The van der Waals surface area contributed by atoms with Crippen molar-refractivity contribution in [3.63, 3.8) is 0 Å². The van der Waals surface area contributed by atoms with E-state index in [0.29, 0.717) is 5.69 Å². The molecule has 0 aliphatic carbocycles. The molecule has 0 spiro atoms. The molecule has 0 heterocycles. The van der Waals surface area contributed by atoms with Gasteiger partial charge in [0.25, 0.3) is 0 Å². The van der Waals surface area contributed by atoms with Gasteiger partial charge in [0, 0.05) is 0 Å². The highest BCUT2D eigenvalue weighted by molar-refractivity contribution is 5.99. The number of amides is 1. The van der Waals surface area contributed by atoms with Crippen LogP contribution in [0.1, 0.15) is 19.4 Å². The number of hydrogen-bond donors (Lipinski definition) is 2. The topological polar surface area (TPSA) is 49.3 Å². The van der Waals surface area contributed by atoms with E-state index in [1.165, 1.54) is 0 Å². The van der Waals surface area contributed by atoms with Crippen LogP contribution in [0.4, 0.5) is 5.69 Å². The molecule has 0 aromatic heterocycles. The molecule has 2 aromatic carbocycles. The summed E-state index contributed by atoms with van der Waals surface area (Å²) in [6.07, 6.45) is 0. The van der Waals surface area contributed by atoms with Gasteiger partial charge in [-0.05, 0) is 31.5 Å². The Labute approximate surface area is 112 Å². The van der Waals surface area contributed by atoms with Crippen LogP contribution in [0, 0.1) is 0 Å². The van der Waals surface area contributed by atoms with Crippen molar-refractivity contribution in [1.29, 1.82) is 0 Å². The average Bonchev–Trinajstić information content (AvgIpc) is 2.42. The Morgan fingerprint density at radius 2 is 1.58 bits per heavy atom. The molecule has 3 heteroatoms. The highest BCUT2D eigenvalue weighted by atomic mass is 16.3. The lowest BCUT2D eigenvalue weighted by molar-refractivity contribution is -0.120. The van der Waals surface area contributed by atoms with Gasteiger partial charge < -0.3 is 10.4 Å². The molecule has 0 saturated heterocycles. The Morgan fingerprint density at radius 1 is 1.00 bits per heavy atom. The number of para-hydroxylation sites is 2. The second-order valence-electron chi connectivity index (χ2n) is 4.96. The molecule has 0 fully saturated rings. The molecule has 1 amide bonds. The first-order chi connectivity index (χ1) is 9.01. The molecular formula is C16H17NO2. The minimum atomic E-state index is -0.663. The number of benzene rings is 2. The molecule has 0 radical (unpaired) electrons. The number of carbonyl (C=O) groups excluding carboxylic acids is 1. The number of carbonyl (C=O) groups is 1. The van der Waals surface area contributed by atoms with Crippen molar-refractivity contribution in [3.8, 4) is 5.75 Å². The molecule has 0 saturated carbocycles. The zero-order valence-corrected chi connectivity index (χ0v) is 11.1. The van der Waals surface area contributed by atoms with Gasteiger partial charge in [-0.2, -0.15) is 0 Å². The quantitative estimate of drug-likeness (QED) is 0.827. The Hall–Kier alpha value is -2.29. The molecule has 2 N–H and O–H groups in total. The summed E-state index contributed by atoms with van der Waals surface area (Å²) in [6, 6.07) is 16.3.